The predicted molar refractivity (Wildman–Crippen MR) is 149 cm³/mol. The van der Waals surface area contributed by atoms with Crippen molar-refractivity contribution < 1.29 is 38.9 Å². The van der Waals surface area contributed by atoms with Gasteiger partial charge in [0.1, 0.15) is 30.4 Å². The van der Waals surface area contributed by atoms with Crippen LogP contribution in [0.4, 0.5) is 0 Å². The first-order valence-electron chi connectivity index (χ1n) is 11.2. The molecule has 0 atom stereocenters. The molecular formula is C27H26O9S3Sn. The Hall–Kier alpha value is -2.59. The summed E-state index contributed by atoms with van der Waals surface area (Å²) in [5.74, 6) is 0. The van der Waals surface area contributed by atoms with Crippen LogP contribution in [0, 0.1) is 20.8 Å². The average molecular weight is 709 g/mol. The Labute approximate surface area is 249 Å². The maximum atomic E-state index is 10.4. The van der Waals surface area contributed by atoms with Crippen LogP contribution in [0.25, 0.3) is 0 Å². The quantitative estimate of drug-likeness (QED) is 0.229. The molecule has 0 aromatic heterocycles. The van der Waals surface area contributed by atoms with Gasteiger partial charge in [0.25, 0.3) is 0 Å². The third-order valence-corrected chi connectivity index (χ3v) is 8.20. The first-order valence-corrected chi connectivity index (χ1v) is 16.9. The van der Waals surface area contributed by atoms with Gasteiger partial charge in [-0.15, -0.1) is 0 Å². The van der Waals surface area contributed by atoms with Crippen molar-refractivity contribution in [3.05, 3.63) is 120 Å². The van der Waals surface area contributed by atoms with Crippen LogP contribution in [0.1, 0.15) is 16.7 Å². The fourth-order valence-electron chi connectivity index (χ4n) is 2.55. The maximum absolute atomic E-state index is 10.4. The molecule has 210 valence electrons. The molecule has 4 rings (SSSR count). The van der Waals surface area contributed by atoms with Crippen LogP contribution >= 0.6 is 0 Å². The first-order chi connectivity index (χ1) is 18.4. The van der Waals surface area contributed by atoms with Gasteiger partial charge in [0.05, 0.1) is 14.7 Å². The second kappa shape index (κ2) is 16.0. The van der Waals surface area contributed by atoms with E-state index in [1.165, 1.54) is 62.5 Å². The molecule has 0 fully saturated rings. The fourth-order valence-corrected chi connectivity index (χ4v) is 4.51. The Bertz CT molecular complexity index is 1480. The molecule has 0 unspecified atom stereocenters. The molecule has 9 nitrogen and oxygen atoms in total. The SMILES string of the molecule is Cc1ccc(S(=O)(=O)[O-])cc1.Cc1ccc(S(=O)(=O)[O-])cc1.Cc1ccc(S(=O)(=O)[O-])cc1.[Sn+3][c]1ccccc1. The molecule has 0 N–H and O–H groups in total. The van der Waals surface area contributed by atoms with Gasteiger partial charge in [-0.1, -0.05) is 53.1 Å². The molecule has 0 aliphatic heterocycles. The van der Waals surface area contributed by atoms with Crippen molar-refractivity contribution >= 4 is 56.5 Å². The normalized spacial score (nSPS) is 11.0. The fraction of sp³-hybridized carbons (Fsp3) is 0.111. The molecule has 0 heterocycles. The monoisotopic (exact) mass is 710 g/mol. The zero-order chi connectivity index (χ0) is 30.6. The van der Waals surface area contributed by atoms with Gasteiger partial charge >= 0.3 is 56.4 Å². The molecule has 0 saturated heterocycles. The summed E-state index contributed by atoms with van der Waals surface area (Å²) < 4.78 is 94.9. The summed E-state index contributed by atoms with van der Waals surface area (Å²) in [6, 6.07) is 27.7. The van der Waals surface area contributed by atoms with Crippen LogP contribution in [-0.4, -0.2) is 61.4 Å². The van der Waals surface area contributed by atoms with Crippen LogP contribution < -0.4 is 3.58 Å². The third-order valence-electron chi connectivity index (χ3n) is 4.70. The minimum atomic E-state index is -4.27. The van der Waals surface area contributed by atoms with Gasteiger partial charge in [0.15, 0.2) is 0 Å². The van der Waals surface area contributed by atoms with E-state index in [9.17, 15) is 38.9 Å². The van der Waals surface area contributed by atoms with Gasteiger partial charge in [0.2, 0.25) is 0 Å². The van der Waals surface area contributed by atoms with E-state index in [1.807, 2.05) is 26.8 Å². The van der Waals surface area contributed by atoms with E-state index in [0.29, 0.717) is 0 Å². The van der Waals surface area contributed by atoms with Crippen molar-refractivity contribution in [3.63, 3.8) is 0 Å². The van der Waals surface area contributed by atoms with Crippen molar-refractivity contribution in [2.75, 3.05) is 0 Å². The van der Waals surface area contributed by atoms with E-state index in [0.717, 1.165) is 16.7 Å². The molecular weight excluding hydrogens is 683 g/mol. The Morgan fingerprint density at radius 3 is 0.800 bits per heavy atom. The molecule has 40 heavy (non-hydrogen) atoms. The molecule has 0 spiro atoms. The predicted octanol–water partition coefficient (Wildman–Crippen LogP) is 3.18. The van der Waals surface area contributed by atoms with Crippen LogP contribution in [0.3, 0.4) is 0 Å². The summed E-state index contributed by atoms with van der Waals surface area (Å²) in [5.41, 5.74) is 2.78. The summed E-state index contributed by atoms with van der Waals surface area (Å²) in [6.45, 7) is 5.46. The van der Waals surface area contributed by atoms with Gasteiger partial charge in [0, 0.05) is 0 Å². The number of benzene rings is 4. The second-order valence-corrected chi connectivity index (χ2v) is 14.0. The standard InChI is InChI=1S/3C7H8O3S.C6H5.Sn/c3*1-6-2-4-7(5-3-6)11(8,9)10;1-2-4-6-5-3-1;/h3*2-5H,1H3,(H,8,9,10);1-5H;/q;;;;+3/p-3. The van der Waals surface area contributed by atoms with Gasteiger partial charge in [-0.3, -0.25) is 0 Å². The number of hydrogen-bond donors (Lipinski definition) is 0. The van der Waals surface area contributed by atoms with Crippen molar-refractivity contribution in [1.29, 1.82) is 0 Å². The Balaban J connectivity index is 0.000000270. The van der Waals surface area contributed by atoms with E-state index >= 15 is 0 Å². The summed E-state index contributed by atoms with van der Waals surface area (Å²) in [7, 11) is -12.8. The van der Waals surface area contributed by atoms with E-state index in [2.05, 4.69) is 24.3 Å². The zero-order valence-corrected chi connectivity index (χ0v) is 27.0. The van der Waals surface area contributed by atoms with Crippen LogP contribution in [0.5, 0.6) is 0 Å². The van der Waals surface area contributed by atoms with Crippen molar-refractivity contribution in [2.45, 2.75) is 35.5 Å². The Kier molecular flexibility index (Phi) is 14.2. The minimum absolute atomic E-state index is 0.178. The van der Waals surface area contributed by atoms with Gasteiger partial charge < -0.3 is 13.7 Å². The molecule has 0 saturated carbocycles. The molecule has 13 heteroatoms. The summed E-state index contributed by atoms with van der Waals surface area (Å²) >= 11 is 1.49. The Morgan fingerprint density at radius 2 is 0.650 bits per heavy atom. The topological polar surface area (TPSA) is 172 Å². The van der Waals surface area contributed by atoms with Gasteiger partial charge in [-0.25, -0.2) is 25.3 Å². The average Bonchev–Trinajstić information content (AvgIpc) is 2.85. The molecule has 0 aliphatic carbocycles. The van der Waals surface area contributed by atoms with Crippen molar-refractivity contribution in [2.24, 2.45) is 0 Å². The first kappa shape index (κ1) is 35.4. The molecule has 0 aliphatic rings. The summed E-state index contributed by atoms with van der Waals surface area (Å²) in [5, 5.41) is 0. The van der Waals surface area contributed by atoms with Gasteiger partial charge in [-0.2, -0.15) is 0 Å². The number of rotatable bonds is 3. The van der Waals surface area contributed by atoms with E-state index in [1.54, 1.807) is 36.4 Å². The van der Waals surface area contributed by atoms with Gasteiger partial charge in [-0.05, 0) is 57.2 Å². The van der Waals surface area contributed by atoms with E-state index < -0.39 is 30.4 Å². The summed E-state index contributed by atoms with van der Waals surface area (Å²) in [4.78, 5) is -0.533. The van der Waals surface area contributed by atoms with E-state index in [4.69, 9.17) is 0 Å². The van der Waals surface area contributed by atoms with Crippen LogP contribution in [0.2, 0.25) is 0 Å². The number of aryl methyl sites for hydroxylation is 3. The molecule has 0 bridgehead atoms. The molecule has 0 radical (unpaired) electrons. The van der Waals surface area contributed by atoms with Crippen LogP contribution in [0.15, 0.2) is 118 Å². The van der Waals surface area contributed by atoms with Crippen LogP contribution in [-0.2, 0) is 30.4 Å². The molecule has 0 amide bonds. The molecule has 4 aromatic carbocycles. The summed E-state index contributed by atoms with van der Waals surface area (Å²) in [6.07, 6.45) is 0. The number of hydrogen-bond acceptors (Lipinski definition) is 9. The Morgan fingerprint density at radius 1 is 0.425 bits per heavy atom. The molecule has 4 aromatic rings. The second-order valence-electron chi connectivity index (χ2n) is 8.17. The van der Waals surface area contributed by atoms with Crippen molar-refractivity contribution in [1.82, 2.24) is 0 Å². The zero-order valence-electron chi connectivity index (χ0n) is 21.7. The van der Waals surface area contributed by atoms with Crippen molar-refractivity contribution in [3.8, 4) is 0 Å². The third kappa shape index (κ3) is 14.7. The van der Waals surface area contributed by atoms with E-state index in [-0.39, 0.29) is 14.7 Å².